The van der Waals surface area contributed by atoms with Crippen LogP contribution in [0.25, 0.3) is 0 Å². The van der Waals surface area contributed by atoms with E-state index in [2.05, 4.69) is 4.74 Å². The van der Waals surface area contributed by atoms with E-state index in [1.54, 1.807) is 19.9 Å². The number of nitrogens with zero attached hydrogens (tertiary/aromatic N) is 1. The average molecular weight is 341 g/mol. The minimum Gasteiger partial charge on any atom is -0.465 e. The van der Waals surface area contributed by atoms with Crippen molar-refractivity contribution in [1.29, 1.82) is 0 Å². The van der Waals surface area contributed by atoms with Crippen LogP contribution in [-0.2, 0) is 14.2 Å². The van der Waals surface area contributed by atoms with Crippen LogP contribution in [0.5, 0.6) is 0 Å². The van der Waals surface area contributed by atoms with Crippen molar-refractivity contribution < 1.29 is 23.9 Å². The molecule has 0 aliphatic carbocycles. The lowest BCUT2D eigenvalue weighted by atomic mass is 10.1. The molecular formula is C15H19NO6S. The largest absolute Gasteiger partial charge is 0.465 e. The lowest BCUT2D eigenvalue weighted by Gasteiger charge is -2.43. The van der Waals surface area contributed by atoms with Crippen LogP contribution in [0, 0.1) is 17.0 Å². The molecular weight excluding hydrogens is 322 g/mol. The number of carbonyl (C=O) groups is 1. The van der Waals surface area contributed by atoms with Gasteiger partial charge < -0.3 is 14.2 Å². The van der Waals surface area contributed by atoms with Crippen LogP contribution in [0.4, 0.5) is 5.69 Å². The van der Waals surface area contributed by atoms with Crippen molar-refractivity contribution in [3.63, 3.8) is 0 Å². The number of hydrogen-bond donors (Lipinski definition) is 0. The molecule has 8 heteroatoms. The number of nitro benzene ring substituents is 1. The van der Waals surface area contributed by atoms with E-state index in [9.17, 15) is 14.9 Å². The Labute approximate surface area is 138 Å². The minimum atomic E-state index is -0.596. The summed E-state index contributed by atoms with van der Waals surface area (Å²) in [7, 11) is 1.24. The predicted octanol–water partition coefficient (Wildman–Crippen LogP) is 3.28. The molecule has 1 aromatic rings. The van der Waals surface area contributed by atoms with Gasteiger partial charge in [-0.2, -0.15) is 0 Å². The normalized spacial score (nSPS) is 20.7. The molecule has 0 amide bonds. The maximum absolute atomic E-state index is 11.7. The molecule has 1 heterocycles. The molecule has 0 saturated carbocycles. The zero-order valence-corrected chi connectivity index (χ0v) is 14.4. The van der Waals surface area contributed by atoms with Gasteiger partial charge in [-0.1, -0.05) is 0 Å². The number of carbonyl (C=O) groups excluding carboxylic acids is 1. The van der Waals surface area contributed by atoms with Gasteiger partial charge in [-0.25, -0.2) is 4.79 Å². The van der Waals surface area contributed by atoms with Crippen molar-refractivity contribution in [3.05, 3.63) is 33.4 Å². The molecule has 0 atom stereocenters. The summed E-state index contributed by atoms with van der Waals surface area (Å²) in [5, 5.41) is 11.4. The van der Waals surface area contributed by atoms with Gasteiger partial charge in [0.05, 0.1) is 27.2 Å². The standard InChI is InChI=1S/C15H19NO6S/c1-8-6-12(23-15(3,4)14-21-9(2)22-14)11(16(18)19)7-10(8)13(17)20-5/h6-7,9,14H,1-5H3. The second-order valence-electron chi connectivity index (χ2n) is 5.76. The van der Waals surface area contributed by atoms with Crippen molar-refractivity contribution in [2.75, 3.05) is 7.11 Å². The number of thioether (sulfide) groups is 1. The number of rotatable bonds is 5. The quantitative estimate of drug-likeness (QED) is 0.351. The fraction of sp³-hybridized carbons (Fsp3) is 0.533. The molecule has 1 fully saturated rings. The molecule has 0 unspecified atom stereocenters. The Morgan fingerprint density at radius 2 is 2.00 bits per heavy atom. The number of ether oxygens (including phenoxy) is 3. The predicted molar refractivity (Wildman–Crippen MR) is 84.5 cm³/mol. The van der Waals surface area contributed by atoms with Gasteiger partial charge in [-0.15, -0.1) is 11.8 Å². The first-order valence-electron chi connectivity index (χ1n) is 7.03. The molecule has 126 valence electrons. The lowest BCUT2D eigenvalue weighted by Crippen LogP contribution is -2.50. The highest BCUT2D eigenvalue weighted by Gasteiger charge is 2.42. The summed E-state index contributed by atoms with van der Waals surface area (Å²) in [4.78, 5) is 23.0. The fourth-order valence-corrected chi connectivity index (χ4v) is 3.49. The van der Waals surface area contributed by atoms with E-state index in [4.69, 9.17) is 9.47 Å². The number of hydrogen-bond acceptors (Lipinski definition) is 7. The summed E-state index contributed by atoms with van der Waals surface area (Å²) in [6.45, 7) is 7.28. The summed E-state index contributed by atoms with van der Waals surface area (Å²) in [5.74, 6) is -0.596. The van der Waals surface area contributed by atoms with Gasteiger partial charge >= 0.3 is 5.97 Å². The Morgan fingerprint density at radius 1 is 1.39 bits per heavy atom. The number of aryl methyl sites for hydroxylation is 1. The summed E-state index contributed by atoms with van der Waals surface area (Å²) in [6.07, 6.45) is -0.707. The van der Waals surface area contributed by atoms with E-state index in [0.29, 0.717) is 10.5 Å². The Kier molecular flexibility index (Phi) is 4.98. The molecule has 1 aliphatic heterocycles. The van der Waals surface area contributed by atoms with Gasteiger partial charge in [0, 0.05) is 6.07 Å². The third-order valence-corrected chi connectivity index (χ3v) is 4.74. The molecule has 0 aromatic heterocycles. The van der Waals surface area contributed by atoms with Gasteiger partial charge in [0.2, 0.25) is 0 Å². The Balaban J connectivity index is 2.36. The summed E-state index contributed by atoms with van der Waals surface area (Å²) in [6, 6.07) is 2.88. The third-order valence-electron chi connectivity index (χ3n) is 3.48. The molecule has 2 rings (SSSR count). The van der Waals surface area contributed by atoms with Crippen LogP contribution < -0.4 is 0 Å². The number of methoxy groups -OCH3 is 1. The van der Waals surface area contributed by atoms with E-state index in [1.807, 2.05) is 13.8 Å². The zero-order valence-electron chi connectivity index (χ0n) is 13.6. The molecule has 23 heavy (non-hydrogen) atoms. The number of esters is 1. The molecule has 1 aliphatic rings. The Hall–Kier alpha value is -1.64. The maximum atomic E-state index is 11.7. The summed E-state index contributed by atoms with van der Waals surface area (Å²) < 4.78 is 15.1. The SMILES string of the molecule is COC(=O)c1cc([N+](=O)[O-])c(SC(C)(C)C2OC(C)O2)cc1C. The van der Waals surface area contributed by atoms with Crippen molar-refractivity contribution in [3.8, 4) is 0 Å². The smallest absolute Gasteiger partial charge is 0.338 e. The van der Waals surface area contributed by atoms with E-state index in [1.165, 1.54) is 24.9 Å². The van der Waals surface area contributed by atoms with E-state index < -0.39 is 21.9 Å². The molecule has 0 radical (unpaired) electrons. The first kappa shape index (κ1) is 17.7. The zero-order chi connectivity index (χ0) is 17.4. The van der Waals surface area contributed by atoms with Crippen molar-refractivity contribution in [2.24, 2.45) is 0 Å². The molecule has 1 aromatic carbocycles. The van der Waals surface area contributed by atoms with Crippen molar-refractivity contribution in [2.45, 2.75) is 49.9 Å². The highest BCUT2D eigenvalue weighted by Crippen LogP contribution is 2.44. The van der Waals surface area contributed by atoms with Gasteiger partial charge in [-0.05, 0) is 39.3 Å². The Morgan fingerprint density at radius 3 is 2.48 bits per heavy atom. The number of benzene rings is 1. The van der Waals surface area contributed by atoms with Crippen LogP contribution in [0.2, 0.25) is 0 Å². The van der Waals surface area contributed by atoms with Crippen LogP contribution in [0.15, 0.2) is 17.0 Å². The highest BCUT2D eigenvalue weighted by molar-refractivity contribution is 8.00. The molecule has 7 nitrogen and oxygen atoms in total. The molecule has 1 saturated heterocycles. The second kappa shape index (κ2) is 6.46. The van der Waals surface area contributed by atoms with Gasteiger partial charge in [0.1, 0.15) is 0 Å². The second-order valence-corrected chi connectivity index (χ2v) is 7.46. The summed E-state index contributed by atoms with van der Waals surface area (Å²) >= 11 is 1.29. The van der Waals surface area contributed by atoms with Gasteiger partial charge in [0.25, 0.3) is 5.69 Å². The first-order valence-corrected chi connectivity index (χ1v) is 7.84. The molecule has 0 N–H and O–H groups in total. The molecule has 0 spiro atoms. The first-order chi connectivity index (χ1) is 10.7. The van der Waals surface area contributed by atoms with Crippen LogP contribution in [0.1, 0.15) is 36.7 Å². The minimum absolute atomic E-state index is 0.138. The maximum Gasteiger partial charge on any atom is 0.338 e. The van der Waals surface area contributed by atoms with Crippen LogP contribution >= 0.6 is 11.8 Å². The van der Waals surface area contributed by atoms with Gasteiger partial charge in [-0.3, -0.25) is 10.1 Å². The van der Waals surface area contributed by atoms with E-state index in [-0.39, 0.29) is 17.5 Å². The van der Waals surface area contributed by atoms with Gasteiger partial charge in [0.15, 0.2) is 12.6 Å². The lowest BCUT2D eigenvalue weighted by molar-refractivity contribution is -0.388. The van der Waals surface area contributed by atoms with Crippen molar-refractivity contribution >= 4 is 23.4 Å². The average Bonchev–Trinajstić information content (AvgIpc) is 2.42. The van der Waals surface area contributed by atoms with Crippen LogP contribution in [0.3, 0.4) is 0 Å². The topological polar surface area (TPSA) is 87.9 Å². The Bertz CT molecular complexity index is 639. The van der Waals surface area contributed by atoms with Crippen LogP contribution in [-0.4, -0.2) is 35.3 Å². The monoisotopic (exact) mass is 341 g/mol. The van der Waals surface area contributed by atoms with E-state index in [0.717, 1.165) is 0 Å². The molecule has 0 bridgehead atoms. The van der Waals surface area contributed by atoms with E-state index >= 15 is 0 Å². The van der Waals surface area contributed by atoms with Crippen molar-refractivity contribution in [1.82, 2.24) is 0 Å². The fourth-order valence-electron chi connectivity index (χ4n) is 2.24. The highest BCUT2D eigenvalue weighted by atomic mass is 32.2. The summed E-state index contributed by atoms with van der Waals surface area (Å²) in [5.41, 5.74) is 0.664. The number of nitro groups is 1. The third kappa shape index (κ3) is 3.65.